The minimum atomic E-state index is -0.435. The van der Waals surface area contributed by atoms with Crippen molar-refractivity contribution < 1.29 is 9.31 Å². The molecule has 0 aliphatic rings. The Kier molecular flexibility index (Phi) is 4.47. The van der Waals surface area contributed by atoms with Crippen molar-refractivity contribution >= 4 is 11.5 Å². The molecule has 0 radical (unpaired) electrons. The molecule has 2 aromatic rings. The number of anilines is 1. The third kappa shape index (κ3) is 3.75. The fourth-order valence-electron chi connectivity index (χ4n) is 2.14. The fraction of sp³-hybridized carbons (Fsp3) is 0.267. The number of halogens is 1. The Morgan fingerprint density at radius 3 is 2.62 bits per heavy atom. The number of hydrogen-bond donors (Lipinski definition) is 1. The van der Waals surface area contributed by atoms with Crippen molar-refractivity contribution in [3.63, 3.8) is 0 Å². The number of pyridine rings is 1. The van der Waals surface area contributed by atoms with Crippen LogP contribution in [-0.2, 0) is 6.42 Å². The molecule has 1 aromatic heterocycles. The number of aryl methyl sites for hydroxylation is 1. The number of nitrogens with one attached hydrogen (secondary N) is 1. The SMILES string of the molecule is Cc1ccnc(NC(C)Cc2ccc(F)cc2)c1[N+](=O)[O-]. The van der Waals surface area contributed by atoms with Gasteiger partial charge in [-0.25, -0.2) is 9.37 Å². The summed E-state index contributed by atoms with van der Waals surface area (Å²) in [5, 5.41) is 14.2. The van der Waals surface area contributed by atoms with Crippen molar-refractivity contribution in [3.05, 3.63) is 63.6 Å². The van der Waals surface area contributed by atoms with Gasteiger partial charge in [-0.3, -0.25) is 10.1 Å². The van der Waals surface area contributed by atoms with Crippen LogP contribution in [-0.4, -0.2) is 15.9 Å². The minimum Gasteiger partial charge on any atom is -0.362 e. The van der Waals surface area contributed by atoms with Crippen molar-refractivity contribution in [2.45, 2.75) is 26.3 Å². The highest BCUT2D eigenvalue weighted by Gasteiger charge is 2.19. The van der Waals surface area contributed by atoms with Gasteiger partial charge in [-0.05, 0) is 44.0 Å². The van der Waals surface area contributed by atoms with Gasteiger partial charge in [-0.2, -0.15) is 0 Å². The molecule has 0 fully saturated rings. The van der Waals surface area contributed by atoms with Gasteiger partial charge in [0.05, 0.1) is 4.92 Å². The van der Waals surface area contributed by atoms with Crippen LogP contribution in [0.4, 0.5) is 15.9 Å². The molecule has 1 aromatic carbocycles. The summed E-state index contributed by atoms with van der Waals surface area (Å²) in [6, 6.07) is 7.74. The zero-order chi connectivity index (χ0) is 15.4. The Morgan fingerprint density at radius 1 is 1.33 bits per heavy atom. The Bertz CT molecular complexity index is 644. The predicted molar refractivity (Wildman–Crippen MR) is 78.8 cm³/mol. The molecule has 6 heteroatoms. The van der Waals surface area contributed by atoms with Gasteiger partial charge in [0.1, 0.15) is 5.82 Å². The van der Waals surface area contributed by atoms with Gasteiger partial charge in [-0.15, -0.1) is 0 Å². The van der Waals surface area contributed by atoms with Crippen molar-refractivity contribution in [1.29, 1.82) is 0 Å². The monoisotopic (exact) mass is 289 g/mol. The van der Waals surface area contributed by atoms with Gasteiger partial charge in [-0.1, -0.05) is 12.1 Å². The fourth-order valence-corrected chi connectivity index (χ4v) is 2.14. The molecule has 1 atom stereocenters. The van der Waals surface area contributed by atoms with Crippen LogP contribution in [0.2, 0.25) is 0 Å². The van der Waals surface area contributed by atoms with Gasteiger partial charge in [0.2, 0.25) is 5.82 Å². The maximum absolute atomic E-state index is 12.9. The normalized spacial score (nSPS) is 12.0. The quantitative estimate of drug-likeness (QED) is 0.676. The Morgan fingerprint density at radius 2 is 2.00 bits per heavy atom. The zero-order valence-electron chi connectivity index (χ0n) is 11.8. The first-order valence-electron chi connectivity index (χ1n) is 6.58. The zero-order valence-corrected chi connectivity index (χ0v) is 11.8. The first-order valence-corrected chi connectivity index (χ1v) is 6.58. The van der Waals surface area contributed by atoms with E-state index >= 15 is 0 Å². The van der Waals surface area contributed by atoms with E-state index in [1.807, 2.05) is 6.92 Å². The number of hydrogen-bond acceptors (Lipinski definition) is 4. The van der Waals surface area contributed by atoms with E-state index in [0.717, 1.165) is 5.56 Å². The smallest absolute Gasteiger partial charge is 0.314 e. The van der Waals surface area contributed by atoms with Gasteiger partial charge in [0.15, 0.2) is 0 Å². The molecular formula is C15H16FN3O2. The minimum absolute atomic E-state index is 0.0107. The molecule has 110 valence electrons. The number of nitro groups is 1. The number of rotatable bonds is 5. The second-order valence-electron chi connectivity index (χ2n) is 4.96. The highest BCUT2D eigenvalue weighted by atomic mass is 19.1. The van der Waals surface area contributed by atoms with Crippen LogP contribution in [0.15, 0.2) is 36.5 Å². The van der Waals surface area contributed by atoms with Crippen LogP contribution in [0.3, 0.4) is 0 Å². The summed E-state index contributed by atoms with van der Waals surface area (Å²) in [6.45, 7) is 3.58. The Hall–Kier alpha value is -2.50. The molecule has 0 aliphatic carbocycles. The van der Waals surface area contributed by atoms with E-state index in [-0.39, 0.29) is 23.4 Å². The number of benzene rings is 1. The molecule has 0 amide bonds. The highest BCUT2D eigenvalue weighted by Crippen LogP contribution is 2.26. The molecule has 1 unspecified atom stereocenters. The largest absolute Gasteiger partial charge is 0.362 e. The van der Waals surface area contributed by atoms with Gasteiger partial charge in [0.25, 0.3) is 0 Å². The Balaban J connectivity index is 2.13. The second-order valence-corrected chi connectivity index (χ2v) is 4.96. The lowest BCUT2D eigenvalue weighted by atomic mass is 10.1. The third-order valence-corrected chi connectivity index (χ3v) is 3.15. The van der Waals surface area contributed by atoms with Crippen molar-refractivity contribution in [1.82, 2.24) is 4.98 Å². The molecule has 5 nitrogen and oxygen atoms in total. The van der Waals surface area contributed by atoms with E-state index in [1.54, 1.807) is 25.1 Å². The second kappa shape index (κ2) is 6.30. The van der Waals surface area contributed by atoms with Crippen molar-refractivity contribution in [3.8, 4) is 0 Å². The summed E-state index contributed by atoms with van der Waals surface area (Å²) in [6.07, 6.45) is 2.16. The van der Waals surface area contributed by atoms with E-state index < -0.39 is 4.92 Å². The molecule has 0 saturated carbocycles. The molecule has 0 spiro atoms. The van der Waals surface area contributed by atoms with E-state index in [2.05, 4.69) is 10.3 Å². The van der Waals surface area contributed by atoms with Crippen molar-refractivity contribution in [2.75, 3.05) is 5.32 Å². The summed E-state index contributed by atoms with van der Waals surface area (Å²) < 4.78 is 12.9. The lowest BCUT2D eigenvalue weighted by Crippen LogP contribution is -2.20. The molecule has 1 N–H and O–H groups in total. The summed E-state index contributed by atoms with van der Waals surface area (Å²) in [4.78, 5) is 14.7. The lowest BCUT2D eigenvalue weighted by molar-refractivity contribution is -0.384. The molecular weight excluding hydrogens is 273 g/mol. The standard InChI is InChI=1S/C15H16FN3O2/c1-10-7-8-17-15(14(10)19(20)21)18-11(2)9-12-3-5-13(16)6-4-12/h3-8,11H,9H2,1-2H3,(H,17,18). The summed E-state index contributed by atoms with van der Waals surface area (Å²) in [7, 11) is 0. The number of aromatic nitrogens is 1. The topological polar surface area (TPSA) is 68.1 Å². The Labute approximate surface area is 122 Å². The molecule has 0 aliphatic heterocycles. The number of nitrogens with zero attached hydrogens (tertiary/aromatic N) is 2. The predicted octanol–water partition coefficient (Wildman–Crippen LogP) is 3.48. The first-order chi connectivity index (χ1) is 9.97. The van der Waals surface area contributed by atoms with Crippen LogP contribution in [0.5, 0.6) is 0 Å². The van der Waals surface area contributed by atoms with E-state index in [9.17, 15) is 14.5 Å². The van der Waals surface area contributed by atoms with Gasteiger partial charge in [0, 0.05) is 17.8 Å². The molecule has 0 bridgehead atoms. The molecule has 1 heterocycles. The summed E-state index contributed by atoms with van der Waals surface area (Å²) in [5.74, 6) is -0.0232. The van der Waals surface area contributed by atoms with Crippen LogP contribution >= 0.6 is 0 Å². The third-order valence-electron chi connectivity index (χ3n) is 3.15. The van der Waals surface area contributed by atoms with Gasteiger partial charge < -0.3 is 5.32 Å². The molecule has 21 heavy (non-hydrogen) atoms. The average molecular weight is 289 g/mol. The highest BCUT2D eigenvalue weighted by molar-refractivity contribution is 5.60. The maximum Gasteiger partial charge on any atom is 0.314 e. The van der Waals surface area contributed by atoms with Crippen molar-refractivity contribution in [2.24, 2.45) is 0 Å². The lowest BCUT2D eigenvalue weighted by Gasteiger charge is -2.15. The van der Waals surface area contributed by atoms with E-state index in [4.69, 9.17) is 0 Å². The van der Waals surface area contributed by atoms with Crippen LogP contribution < -0.4 is 5.32 Å². The van der Waals surface area contributed by atoms with E-state index in [0.29, 0.717) is 12.0 Å². The molecule has 0 saturated heterocycles. The maximum atomic E-state index is 12.9. The van der Waals surface area contributed by atoms with Crippen LogP contribution in [0, 0.1) is 22.9 Å². The summed E-state index contributed by atoms with van der Waals surface area (Å²) in [5.41, 5.74) is 1.50. The summed E-state index contributed by atoms with van der Waals surface area (Å²) >= 11 is 0. The first kappa shape index (κ1) is 14.9. The molecule has 2 rings (SSSR count). The van der Waals surface area contributed by atoms with Crippen LogP contribution in [0.25, 0.3) is 0 Å². The van der Waals surface area contributed by atoms with E-state index in [1.165, 1.54) is 18.3 Å². The average Bonchev–Trinajstić information content (AvgIpc) is 2.41. The van der Waals surface area contributed by atoms with Crippen LogP contribution in [0.1, 0.15) is 18.1 Å². The van der Waals surface area contributed by atoms with Gasteiger partial charge >= 0.3 is 5.69 Å².